The summed E-state index contributed by atoms with van der Waals surface area (Å²) in [4.78, 5) is 22.3. The predicted molar refractivity (Wildman–Crippen MR) is 157 cm³/mol. The zero-order valence-electron chi connectivity index (χ0n) is 22.6. The van der Waals surface area contributed by atoms with E-state index in [2.05, 4.69) is 41.1 Å². The molecule has 0 unspecified atom stereocenters. The van der Waals surface area contributed by atoms with Crippen LogP contribution in [0.1, 0.15) is 81.5 Å². The Morgan fingerprint density at radius 2 is 1.97 bits per heavy atom. The van der Waals surface area contributed by atoms with Crippen molar-refractivity contribution < 1.29 is 9.53 Å². The summed E-state index contributed by atoms with van der Waals surface area (Å²) >= 11 is 0.112. The van der Waals surface area contributed by atoms with Gasteiger partial charge in [0, 0.05) is 0 Å². The van der Waals surface area contributed by atoms with Crippen LogP contribution in [0.3, 0.4) is 0 Å². The molecule has 0 amide bonds. The molecule has 200 valence electrons. The molecule has 5 rings (SSSR count). The number of carbonyl (C=O) groups is 1. The fourth-order valence-electron chi connectivity index (χ4n) is 5.32. The van der Waals surface area contributed by atoms with Crippen LogP contribution in [0.2, 0.25) is 0 Å². The third-order valence-electron chi connectivity index (χ3n) is 7.42. The topological polar surface area (TPSA) is 69.0 Å². The second-order valence-electron chi connectivity index (χ2n) is 10.2. The summed E-state index contributed by atoms with van der Waals surface area (Å²) in [6.45, 7) is 4.11. The molecule has 1 aliphatic rings. The Bertz CT molecular complexity index is 1430. The molecule has 0 atom stereocenters. The van der Waals surface area contributed by atoms with Crippen molar-refractivity contribution in [2.24, 2.45) is 0 Å². The normalized spacial score (nSPS) is 13.7. The Kier molecular flexibility index (Phi) is 8.98. The van der Waals surface area contributed by atoms with Gasteiger partial charge >= 0.3 is 232 Å². The zero-order valence-corrected chi connectivity index (χ0v) is 24.3. The van der Waals surface area contributed by atoms with Gasteiger partial charge in [-0.3, -0.25) is 0 Å². The van der Waals surface area contributed by atoms with Gasteiger partial charge in [0.1, 0.15) is 0 Å². The molecule has 0 radical (unpaired) electrons. The first-order valence-electron chi connectivity index (χ1n) is 14.1. The number of ether oxygens (including phenoxy) is 1. The Morgan fingerprint density at radius 3 is 2.79 bits per heavy atom. The van der Waals surface area contributed by atoms with Crippen LogP contribution in [0.5, 0.6) is 0 Å². The Morgan fingerprint density at radius 1 is 1.08 bits per heavy atom. The van der Waals surface area contributed by atoms with E-state index in [1.807, 2.05) is 18.2 Å². The van der Waals surface area contributed by atoms with Crippen LogP contribution in [0.4, 0.5) is 4.69 Å². The van der Waals surface area contributed by atoms with Crippen molar-refractivity contribution in [3.8, 4) is 11.4 Å². The zero-order chi connectivity index (χ0) is 26.3. The van der Waals surface area contributed by atoms with Crippen molar-refractivity contribution in [2.75, 3.05) is 19.0 Å². The molecule has 38 heavy (non-hydrogen) atoms. The summed E-state index contributed by atoms with van der Waals surface area (Å²) in [6, 6.07) is 12.1. The molecule has 2 heterocycles. The van der Waals surface area contributed by atoms with Gasteiger partial charge in [-0.1, -0.05) is 0 Å². The van der Waals surface area contributed by atoms with Crippen LogP contribution in [0.15, 0.2) is 48.0 Å². The van der Waals surface area contributed by atoms with E-state index in [0.29, 0.717) is 5.56 Å². The molecule has 4 aromatic rings. The van der Waals surface area contributed by atoms with Crippen LogP contribution < -0.4 is 5.32 Å². The third-order valence-corrected chi connectivity index (χ3v) is 9.65. The molecule has 6 nitrogen and oxygen atoms in total. The number of aromatic nitrogens is 3. The minimum atomic E-state index is -0.335. The first-order chi connectivity index (χ1) is 18.7. The number of unbranched alkanes of at least 4 members (excludes halogenated alkanes) is 4. The van der Waals surface area contributed by atoms with Gasteiger partial charge in [0.15, 0.2) is 0 Å². The first-order valence-corrected chi connectivity index (χ1v) is 15.8. The minimum absolute atomic E-state index is 0.112. The van der Waals surface area contributed by atoms with E-state index < -0.39 is 0 Å². The number of methoxy groups -OCH3 is 1. The molecule has 1 N–H and O–H groups in total. The molecule has 0 aliphatic heterocycles. The quantitative estimate of drug-likeness (QED) is 0.0824. The number of carbonyl (C=O) groups excluding carboxylic acids is 1. The van der Waals surface area contributed by atoms with E-state index in [-0.39, 0.29) is 20.5 Å². The fraction of sp³-hybridized carbons (Fsp3) is 0.452. The van der Waals surface area contributed by atoms with Crippen molar-refractivity contribution in [3.05, 3.63) is 53.6 Å². The average Bonchev–Trinajstić information content (AvgIpc) is 3.54. The molecule has 1 aliphatic carbocycles. The van der Waals surface area contributed by atoms with Gasteiger partial charge < -0.3 is 0 Å². The van der Waals surface area contributed by atoms with Crippen LogP contribution in [0.25, 0.3) is 32.2 Å². The number of rotatable bonds is 12. The predicted octanol–water partition coefficient (Wildman–Crippen LogP) is 7.37. The van der Waals surface area contributed by atoms with E-state index in [9.17, 15) is 4.79 Å². The van der Waals surface area contributed by atoms with Crippen molar-refractivity contribution in [3.63, 3.8) is 0 Å². The van der Waals surface area contributed by atoms with Crippen LogP contribution in [0, 0.1) is 0 Å². The summed E-state index contributed by atoms with van der Waals surface area (Å²) in [5.41, 5.74) is 6.17. The molecule has 2 aromatic carbocycles. The standard InChI is InChI=1S/C31H38N4O2Se/c1-3-4-5-6-10-19-32-31-34-25-15-11-14-24(28(25)38-31)29-33-26-21-23(30(36)37-2)16-17-27(26)35(29)20-18-22-12-8-7-9-13-22/h11-12,14-17,21H,3-10,13,18-20H2,1-2H3,(H,32,34). The molecule has 2 aromatic heterocycles. The maximum absolute atomic E-state index is 12.2. The number of imidazole rings is 1. The SMILES string of the molecule is CCCCCCCNc1nc2cccc(-c3nc4cc(C(=O)OC)ccc4n3CCC3=CCCCC3)c2[se]1. The molecule has 0 spiro atoms. The molecule has 7 heteroatoms. The van der Waals surface area contributed by atoms with Crippen LogP contribution >= 0.6 is 0 Å². The van der Waals surface area contributed by atoms with Gasteiger partial charge in [0.05, 0.1) is 0 Å². The van der Waals surface area contributed by atoms with E-state index >= 15 is 0 Å². The molecular weight excluding hydrogens is 539 g/mol. The van der Waals surface area contributed by atoms with Crippen LogP contribution in [-0.2, 0) is 11.3 Å². The molecular formula is C31H38N4O2Se. The van der Waals surface area contributed by atoms with Crippen molar-refractivity contribution in [2.45, 2.75) is 77.7 Å². The van der Waals surface area contributed by atoms with Crippen molar-refractivity contribution in [1.29, 1.82) is 0 Å². The number of nitrogens with one attached hydrogen (secondary N) is 1. The number of allylic oxidation sites excluding steroid dienone is 2. The summed E-state index contributed by atoms with van der Waals surface area (Å²) in [5.74, 6) is 0.631. The summed E-state index contributed by atoms with van der Waals surface area (Å²) in [5, 5.41) is 3.61. The van der Waals surface area contributed by atoms with Crippen molar-refractivity contribution >= 4 is 46.0 Å². The second kappa shape index (κ2) is 12.8. The second-order valence-corrected chi connectivity index (χ2v) is 12.3. The van der Waals surface area contributed by atoms with Gasteiger partial charge in [-0.25, -0.2) is 0 Å². The number of hydrogen-bond acceptors (Lipinski definition) is 5. The van der Waals surface area contributed by atoms with Gasteiger partial charge in [0.25, 0.3) is 0 Å². The van der Waals surface area contributed by atoms with Gasteiger partial charge in [-0.15, -0.1) is 0 Å². The third kappa shape index (κ3) is 6.05. The number of anilines is 1. The van der Waals surface area contributed by atoms with Crippen LogP contribution in [-0.4, -0.2) is 48.7 Å². The molecule has 0 bridgehead atoms. The Balaban J connectivity index is 1.48. The summed E-state index contributed by atoms with van der Waals surface area (Å²) < 4.78 is 9.71. The van der Waals surface area contributed by atoms with Gasteiger partial charge in [-0.2, -0.15) is 0 Å². The summed E-state index contributed by atoms with van der Waals surface area (Å²) in [7, 11) is 1.42. The number of benzene rings is 2. The molecule has 0 saturated heterocycles. The van der Waals surface area contributed by atoms with Gasteiger partial charge in [-0.05, 0) is 0 Å². The monoisotopic (exact) mass is 578 g/mol. The maximum atomic E-state index is 12.2. The number of aryl methyl sites for hydroxylation is 1. The fourth-order valence-corrected chi connectivity index (χ4v) is 7.41. The number of esters is 1. The van der Waals surface area contributed by atoms with E-state index in [0.717, 1.165) is 52.1 Å². The van der Waals surface area contributed by atoms with Gasteiger partial charge in [0.2, 0.25) is 0 Å². The summed E-state index contributed by atoms with van der Waals surface area (Å²) in [6.07, 6.45) is 14.8. The number of fused-ring (bicyclic) bond motifs is 2. The van der Waals surface area contributed by atoms with E-state index in [4.69, 9.17) is 14.7 Å². The number of hydrogen-bond donors (Lipinski definition) is 1. The van der Waals surface area contributed by atoms with E-state index in [1.165, 1.54) is 69.2 Å². The molecule has 0 fully saturated rings. The van der Waals surface area contributed by atoms with Crippen molar-refractivity contribution in [1.82, 2.24) is 14.5 Å². The number of nitrogens with zero attached hydrogens (tertiary/aromatic N) is 3. The first kappa shape index (κ1) is 26.7. The average molecular weight is 578 g/mol. The molecule has 0 saturated carbocycles. The Labute approximate surface area is 231 Å². The van der Waals surface area contributed by atoms with E-state index in [1.54, 1.807) is 5.57 Å². The Hall–Kier alpha value is -2.89.